The highest BCUT2D eigenvalue weighted by molar-refractivity contribution is 6.30. The molecular weight excluding hydrogens is 236 g/mol. The fourth-order valence-electron chi connectivity index (χ4n) is 1.47. The number of halogens is 1. The fourth-order valence-corrected chi connectivity index (χ4v) is 1.70. The van der Waals surface area contributed by atoms with Crippen molar-refractivity contribution in [3.8, 4) is 11.5 Å². The molecule has 2 aromatic rings. The monoisotopic (exact) mass is 246 g/mol. The van der Waals surface area contributed by atoms with Crippen molar-refractivity contribution in [1.82, 2.24) is 0 Å². The minimum atomic E-state index is 0.630. The molecule has 0 atom stereocenters. The van der Waals surface area contributed by atoms with Gasteiger partial charge >= 0.3 is 0 Å². The first-order chi connectivity index (χ1) is 8.19. The maximum absolute atomic E-state index is 10.5. The summed E-state index contributed by atoms with van der Waals surface area (Å²) in [5.41, 5.74) is 1.60. The lowest BCUT2D eigenvalue weighted by Gasteiger charge is -2.08. The molecular formula is C14H11ClO2. The number of ether oxygens (including phenoxy) is 1. The predicted octanol–water partition coefficient (Wildman–Crippen LogP) is 4.25. The Balaban J connectivity index is 2.22. The Labute approximate surface area is 105 Å². The van der Waals surface area contributed by atoms with Crippen LogP contribution in [0.15, 0.2) is 42.5 Å². The molecule has 0 saturated carbocycles. The van der Waals surface area contributed by atoms with Crippen LogP contribution >= 0.6 is 11.6 Å². The van der Waals surface area contributed by atoms with Gasteiger partial charge in [-0.25, -0.2) is 0 Å². The van der Waals surface area contributed by atoms with E-state index in [-0.39, 0.29) is 0 Å². The third kappa shape index (κ3) is 2.86. The van der Waals surface area contributed by atoms with E-state index in [4.69, 9.17) is 16.3 Å². The number of hydrogen-bond acceptors (Lipinski definition) is 2. The van der Waals surface area contributed by atoms with Crippen LogP contribution < -0.4 is 4.74 Å². The van der Waals surface area contributed by atoms with Gasteiger partial charge in [0, 0.05) is 10.6 Å². The van der Waals surface area contributed by atoms with Crippen LogP contribution in [0.4, 0.5) is 0 Å². The van der Waals surface area contributed by atoms with Gasteiger partial charge in [-0.3, -0.25) is 4.79 Å². The highest BCUT2D eigenvalue weighted by Gasteiger charge is 2.02. The third-order valence-corrected chi connectivity index (χ3v) is 2.62. The molecule has 0 radical (unpaired) electrons. The summed E-state index contributed by atoms with van der Waals surface area (Å²) < 4.78 is 5.69. The van der Waals surface area contributed by atoms with Crippen molar-refractivity contribution >= 4 is 17.9 Å². The third-order valence-electron chi connectivity index (χ3n) is 2.38. The van der Waals surface area contributed by atoms with Gasteiger partial charge in [0.2, 0.25) is 0 Å². The van der Waals surface area contributed by atoms with Crippen LogP contribution in [0.1, 0.15) is 15.9 Å². The van der Waals surface area contributed by atoms with E-state index >= 15 is 0 Å². The minimum Gasteiger partial charge on any atom is -0.457 e. The molecule has 0 spiro atoms. The van der Waals surface area contributed by atoms with Crippen molar-refractivity contribution in [2.75, 3.05) is 0 Å². The van der Waals surface area contributed by atoms with Crippen LogP contribution in [0, 0.1) is 6.92 Å². The molecule has 0 aliphatic rings. The smallest absolute Gasteiger partial charge is 0.150 e. The van der Waals surface area contributed by atoms with E-state index in [0.717, 1.165) is 17.6 Å². The Kier molecular flexibility index (Phi) is 3.45. The van der Waals surface area contributed by atoms with Gasteiger partial charge in [0.15, 0.2) is 0 Å². The SMILES string of the molecule is Cc1cc(Cl)ccc1Oc1ccc(C=O)cc1. The van der Waals surface area contributed by atoms with Crippen LogP contribution in [-0.2, 0) is 0 Å². The number of aryl methyl sites for hydroxylation is 1. The lowest BCUT2D eigenvalue weighted by atomic mass is 10.2. The molecule has 0 unspecified atom stereocenters. The largest absolute Gasteiger partial charge is 0.457 e. The molecule has 2 rings (SSSR count). The van der Waals surface area contributed by atoms with Gasteiger partial charge in [-0.05, 0) is 55.0 Å². The van der Waals surface area contributed by atoms with Gasteiger partial charge in [0.1, 0.15) is 17.8 Å². The molecule has 3 heteroatoms. The molecule has 0 aliphatic carbocycles. The van der Waals surface area contributed by atoms with Crippen molar-refractivity contribution < 1.29 is 9.53 Å². The van der Waals surface area contributed by atoms with E-state index in [9.17, 15) is 4.79 Å². The lowest BCUT2D eigenvalue weighted by molar-refractivity contribution is 0.112. The van der Waals surface area contributed by atoms with Gasteiger partial charge in [0.05, 0.1) is 0 Å². The van der Waals surface area contributed by atoms with Crippen molar-refractivity contribution in [2.24, 2.45) is 0 Å². The Bertz CT molecular complexity index is 532. The number of aldehydes is 1. The first-order valence-electron chi connectivity index (χ1n) is 5.18. The second kappa shape index (κ2) is 5.02. The van der Waals surface area contributed by atoms with E-state index in [1.807, 2.05) is 19.1 Å². The lowest BCUT2D eigenvalue weighted by Crippen LogP contribution is -1.88. The second-order valence-electron chi connectivity index (χ2n) is 3.70. The summed E-state index contributed by atoms with van der Waals surface area (Å²) >= 11 is 5.87. The first-order valence-corrected chi connectivity index (χ1v) is 5.56. The second-order valence-corrected chi connectivity index (χ2v) is 4.14. The Hall–Kier alpha value is -1.80. The summed E-state index contributed by atoms with van der Waals surface area (Å²) in [7, 11) is 0. The van der Waals surface area contributed by atoms with Gasteiger partial charge in [-0.15, -0.1) is 0 Å². The van der Waals surface area contributed by atoms with Crippen LogP contribution in [0.3, 0.4) is 0 Å². The number of carbonyl (C=O) groups is 1. The average Bonchev–Trinajstić information content (AvgIpc) is 2.34. The van der Waals surface area contributed by atoms with E-state index in [1.54, 1.807) is 30.3 Å². The van der Waals surface area contributed by atoms with Crippen LogP contribution in [-0.4, -0.2) is 6.29 Å². The zero-order valence-electron chi connectivity index (χ0n) is 9.31. The molecule has 0 saturated heterocycles. The summed E-state index contributed by atoms with van der Waals surface area (Å²) in [5.74, 6) is 1.45. The van der Waals surface area contributed by atoms with Crippen molar-refractivity contribution in [3.63, 3.8) is 0 Å². The topological polar surface area (TPSA) is 26.3 Å². The molecule has 0 N–H and O–H groups in total. The summed E-state index contributed by atoms with van der Waals surface area (Å²) in [6.45, 7) is 1.93. The van der Waals surface area contributed by atoms with Gasteiger partial charge < -0.3 is 4.74 Å². The van der Waals surface area contributed by atoms with Crippen LogP contribution in [0.2, 0.25) is 5.02 Å². The summed E-state index contributed by atoms with van der Waals surface area (Å²) in [6, 6.07) is 12.4. The number of carbonyl (C=O) groups excluding carboxylic acids is 1. The molecule has 86 valence electrons. The van der Waals surface area contributed by atoms with Crippen LogP contribution in [0.5, 0.6) is 11.5 Å². The maximum atomic E-state index is 10.5. The average molecular weight is 247 g/mol. The standard InChI is InChI=1S/C14H11ClO2/c1-10-8-12(15)4-7-14(10)17-13-5-2-11(9-16)3-6-13/h2-9H,1H3. The Morgan fingerprint density at radius 2 is 1.82 bits per heavy atom. The van der Waals surface area contributed by atoms with Gasteiger partial charge in [0.25, 0.3) is 0 Å². The Morgan fingerprint density at radius 3 is 2.41 bits per heavy atom. The molecule has 0 fully saturated rings. The van der Waals surface area contributed by atoms with Gasteiger partial charge in [-0.1, -0.05) is 11.6 Å². The molecule has 17 heavy (non-hydrogen) atoms. The molecule has 0 bridgehead atoms. The van der Waals surface area contributed by atoms with E-state index in [0.29, 0.717) is 16.3 Å². The Morgan fingerprint density at radius 1 is 1.12 bits per heavy atom. The van der Waals surface area contributed by atoms with E-state index in [2.05, 4.69) is 0 Å². The fraction of sp³-hybridized carbons (Fsp3) is 0.0714. The normalized spacial score (nSPS) is 10.0. The zero-order chi connectivity index (χ0) is 12.3. The predicted molar refractivity (Wildman–Crippen MR) is 68.1 cm³/mol. The van der Waals surface area contributed by atoms with Crippen molar-refractivity contribution in [3.05, 3.63) is 58.6 Å². The molecule has 2 nitrogen and oxygen atoms in total. The molecule has 2 aromatic carbocycles. The van der Waals surface area contributed by atoms with E-state index < -0.39 is 0 Å². The van der Waals surface area contributed by atoms with Crippen molar-refractivity contribution in [2.45, 2.75) is 6.92 Å². The molecule has 0 amide bonds. The maximum Gasteiger partial charge on any atom is 0.150 e. The minimum absolute atomic E-state index is 0.630. The first kappa shape index (κ1) is 11.7. The van der Waals surface area contributed by atoms with E-state index in [1.165, 1.54) is 0 Å². The zero-order valence-corrected chi connectivity index (χ0v) is 10.1. The highest BCUT2D eigenvalue weighted by Crippen LogP contribution is 2.27. The number of rotatable bonds is 3. The van der Waals surface area contributed by atoms with Crippen LogP contribution in [0.25, 0.3) is 0 Å². The molecule has 0 aliphatic heterocycles. The number of hydrogen-bond donors (Lipinski definition) is 0. The summed E-state index contributed by atoms with van der Waals surface area (Å²) in [5, 5.41) is 0.686. The summed E-state index contributed by atoms with van der Waals surface area (Å²) in [6.07, 6.45) is 0.803. The summed E-state index contributed by atoms with van der Waals surface area (Å²) in [4.78, 5) is 10.5. The highest BCUT2D eigenvalue weighted by atomic mass is 35.5. The molecule has 0 heterocycles. The quantitative estimate of drug-likeness (QED) is 0.757. The van der Waals surface area contributed by atoms with Gasteiger partial charge in [-0.2, -0.15) is 0 Å². The molecule has 0 aromatic heterocycles. The van der Waals surface area contributed by atoms with Crippen molar-refractivity contribution in [1.29, 1.82) is 0 Å². The number of benzene rings is 2.